The van der Waals surface area contributed by atoms with Crippen LogP contribution >= 0.6 is 0 Å². The molecule has 0 spiro atoms. The highest BCUT2D eigenvalue weighted by Crippen LogP contribution is 2.48. The number of rotatable bonds is 6. The molecule has 3 aliphatic rings. The largest absolute Gasteiger partial charge is 0.335 e. The molecule has 2 nitrogen and oxygen atoms in total. The maximum absolute atomic E-state index is 2.61. The second-order valence-corrected chi connectivity index (χ2v) is 11.6. The highest BCUT2D eigenvalue weighted by atomic mass is 15.2. The summed E-state index contributed by atoms with van der Waals surface area (Å²) in [5.74, 6) is 0.361. The molecule has 1 heterocycles. The lowest BCUT2D eigenvalue weighted by molar-refractivity contribution is 0.694. The molecule has 0 bridgehead atoms. The van der Waals surface area contributed by atoms with Crippen LogP contribution in [0.25, 0.3) is 22.3 Å². The molecule has 1 aliphatic heterocycles. The molecule has 5 aromatic rings. The Balaban J connectivity index is 1.28. The molecule has 2 heteroatoms. The first-order valence-electron chi connectivity index (χ1n) is 15.6. The van der Waals surface area contributed by atoms with Crippen molar-refractivity contribution in [2.24, 2.45) is 0 Å². The molecule has 8 rings (SSSR count). The Labute approximate surface area is 260 Å². The first-order chi connectivity index (χ1) is 21.8. The van der Waals surface area contributed by atoms with E-state index in [1.54, 1.807) is 0 Å². The Bertz CT molecular complexity index is 1810. The number of fused-ring (bicyclic) bond motifs is 3. The highest BCUT2D eigenvalue weighted by Gasteiger charge is 2.39. The third-order valence-corrected chi connectivity index (χ3v) is 9.08. The van der Waals surface area contributed by atoms with Crippen molar-refractivity contribution in [3.05, 3.63) is 187 Å². The number of hydrogen-bond donors (Lipinski definition) is 0. The van der Waals surface area contributed by atoms with Gasteiger partial charge in [0, 0.05) is 28.7 Å². The molecule has 2 aliphatic carbocycles. The molecule has 0 aromatic heterocycles. The molecule has 212 valence electrons. The normalized spacial score (nSPS) is 18.3. The Morgan fingerprint density at radius 3 is 1.73 bits per heavy atom. The van der Waals surface area contributed by atoms with Crippen molar-refractivity contribution in [1.82, 2.24) is 0 Å². The van der Waals surface area contributed by atoms with Crippen LogP contribution in [0.1, 0.15) is 24.3 Å². The summed E-state index contributed by atoms with van der Waals surface area (Å²) in [6.07, 6.45) is 15.8. The SMILES string of the molecule is C1=CC2c3ccccc3N(C3=C(N(c4ccc(-c5ccccc5)cc4)c4ccc(-c5ccccc5)cc4)C=CCC3)C2C=C1. The van der Waals surface area contributed by atoms with Gasteiger partial charge >= 0.3 is 0 Å². The molecule has 0 amide bonds. The van der Waals surface area contributed by atoms with Crippen LogP contribution in [0.3, 0.4) is 0 Å². The van der Waals surface area contributed by atoms with Gasteiger partial charge in [0.1, 0.15) is 0 Å². The Hall–Kier alpha value is -5.34. The van der Waals surface area contributed by atoms with Crippen molar-refractivity contribution >= 4 is 17.1 Å². The second-order valence-electron chi connectivity index (χ2n) is 11.6. The zero-order valence-corrected chi connectivity index (χ0v) is 24.6. The van der Waals surface area contributed by atoms with Gasteiger partial charge in [0.05, 0.1) is 11.7 Å². The number of benzene rings is 5. The predicted molar refractivity (Wildman–Crippen MR) is 185 cm³/mol. The second kappa shape index (κ2) is 11.4. The first-order valence-corrected chi connectivity index (χ1v) is 15.6. The third kappa shape index (κ3) is 4.69. The minimum Gasteiger partial charge on any atom is -0.335 e. The summed E-state index contributed by atoms with van der Waals surface area (Å²) in [6.45, 7) is 0. The van der Waals surface area contributed by atoms with Gasteiger partial charge in [0.15, 0.2) is 0 Å². The Morgan fingerprint density at radius 1 is 0.545 bits per heavy atom. The number of allylic oxidation sites excluding steroid dienone is 5. The van der Waals surface area contributed by atoms with Gasteiger partial charge in [-0.1, -0.05) is 134 Å². The van der Waals surface area contributed by atoms with E-state index in [-0.39, 0.29) is 6.04 Å². The van der Waals surface area contributed by atoms with Crippen LogP contribution in [0, 0.1) is 0 Å². The van der Waals surface area contributed by atoms with E-state index in [0.29, 0.717) is 5.92 Å². The van der Waals surface area contributed by atoms with Gasteiger partial charge in [-0.25, -0.2) is 0 Å². The van der Waals surface area contributed by atoms with Crippen molar-refractivity contribution in [2.45, 2.75) is 24.8 Å². The standard InChI is InChI=1S/C42H34N2/c1-3-13-31(14-4-1)33-23-27-35(28-24-33)43(36-29-25-34(26-30-36)32-15-5-2-6-16-32)41-21-11-12-22-42(41)44-39-19-9-7-17-37(39)38-18-8-10-20-40(38)44/h1-11,13-21,23-30,37,39H,12,22H2. The van der Waals surface area contributed by atoms with Gasteiger partial charge in [-0.15, -0.1) is 0 Å². The van der Waals surface area contributed by atoms with Crippen LogP contribution in [0.15, 0.2) is 181 Å². The summed E-state index contributed by atoms with van der Waals surface area (Å²) in [5, 5.41) is 0. The maximum Gasteiger partial charge on any atom is 0.0653 e. The van der Waals surface area contributed by atoms with Gasteiger partial charge in [0.25, 0.3) is 0 Å². The van der Waals surface area contributed by atoms with E-state index in [2.05, 4.69) is 180 Å². The lowest BCUT2D eigenvalue weighted by atomic mass is 9.91. The van der Waals surface area contributed by atoms with Crippen LogP contribution in [0.2, 0.25) is 0 Å². The summed E-state index contributed by atoms with van der Waals surface area (Å²) in [5.41, 5.74) is 12.5. The molecule has 5 aromatic carbocycles. The van der Waals surface area contributed by atoms with E-state index in [4.69, 9.17) is 0 Å². The van der Waals surface area contributed by atoms with Gasteiger partial charge in [-0.2, -0.15) is 0 Å². The molecule has 44 heavy (non-hydrogen) atoms. The van der Waals surface area contributed by atoms with Gasteiger partial charge in [-0.3, -0.25) is 0 Å². The molecule has 0 fully saturated rings. The number of para-hydroxylation sites is 1. The summed E-state index contributed by atoms with van der Waals surface area (Å²) in [6, 6.07) is 48.5. The molecule has 0 radical (unpaired) electrons. The van der Waals surface area contributed by atoms with E-state index in [9.17, 15) is 0 Å². The molecule has 0 N–H and O–H groups in total. The van der Waals surface area contributed by atoms with E-state index < -0.39 is 0 Å². The van der Waals surface area contributed by atoms with Gasteiger partial charge < -0.3 is 9.80 Å². The molecule has 0 saturated heterocycles. The minimum atomic E-state index is 0.275. The van der Waals surface area contributed by atoms with Crippen LogP contribution in [-0.2, 0) is 0 Å². The molecular weight excluding hydrogens is 532 g/mol. The van der Waals surface area contributed by atoms with Gasteiger partial charge in [0.2, 0.25) is 0 Å². The lowest BCUT2D eigenvalue weighted by Crippen LogP contribution is -2.35. The van der Waals surface area contributed by atoms with Gasteiger partial charge in [-0.05, 0) is 77.1 Å². The predicted octanol–water partition coefficient (Wildman–Crippen LogP) is 10.8. The monoisotopic (exact) mass is 566 g/mol. The molecule has 2 atom stereocenters. The van der Waals surface area contributed by atoms with Crippen molar-refractivity contribution in [2.75, 3.05) is 9.80 Å². The van der Waals surface area contributed by atoms with Crippen molar-refractivity contribution in [3.8, 4) is 22.3 Å². The topological polar surface area (TPSA) is 6.48 Å². The zero-order chi connectivity index (χ0) is 29.3. The van der Waals surface area contributed by atoms with Crippen LogP contribution in [-0.4, -0.2) is 6.04 Å². The zero-order valence-electron chi connectivity index (χ0n) is 24.6. The maximum atomic E-state index is 2.61. The van der Waals surface area contributed by atoms with Crippen LogP contribution in [0.5, 0.6) is 0 Å². The smallest absolute Gasteiger partial charge is 0.0653 e. The van der Waals surface area contributed by atoms with E-state index in [1.807, 2.05) is 0 Å². The number of anilines is 3. The van der Waals surface area contributed by atoms with E-state index in [0.717, 1.165) is 24.2 Å². The first kappa shape index (κ1) is 26.3. The molecule has 0 saturated carbocycles. The quantitative estimate of drug-likeness (QED) is 0.202. The Kier molecular flexibility index (Phi) is 6.81. The van der Waals surface area contributed by atoms with E-state index >= 15 is 0 Å². The minimum absolute atomic E-state index is 0.275. The summed E-state index contributed by atoms with van der Waals surface area (Å²) >= 11 is 0. The number of hydrogen-bond acceptors (Lipinski definition) is 2. The van der Waals surface area contributed by atoms with E-state index in [1.165, 1.54) is 44.9 Å². The fraction of sp³-hybridized carbons (Fsp3) is 0.0952. The number of nitrogens with zero attached hydrogens (tertiary/aromatic N) is 2. The average Bonchev–Trinajstić information content (AvgIpc) is 3.44. The molecule has 2 unspecified atom stereocenters. The lowest BCUT2D eigenvalue weighted by Gasteiger charge is -2.37. The highest BCUT2D eigenvalue weighted by molar-refractivity contribution is 5.78. The summed E-state index contributed by atoms with van der Waals surface area (Å²) in [4.78, 5) is 5.06. The van der Waals surface area contributed by atoms with Crippen molar-refractivity contribution in [3.63, 3.8) is 0 Å². The fourth-order valence-electron chi connectivity index (χ4n) is 6.99. The third-order valence-electron chi connectivity index (χ3n) is 9.08. The summed E-state index contributed by atoms with van der Waals surface area (Å²) in [7, 11) is 0. The fourth-order valence-corrected chi connectivity index (χ4v) is 6.99. The van der Waals surface area contributed by atoms with Crippen molar-refractivity contribution in [1.29, 1.82) is 0 Å². The average molecular weight is 567 g/mol. The van der Waals surface area contributed by atoms with Crippen LogP contribution in [0.4, 0.5) is 17.1 Å². The van der Waals surface area contributed by atoms with Crippen LogP contribution < -0.4 is 9.80 Å². The summed E-state index contributed by atoms with van der Waals surface area (Å²) < 4.78 is 0. The van der Waals surface area contributed by atoms with Crippen molar-refractivity contribution < 1.29 is 0 Å². The Morgan fingerprint density at radius 2 is 1.09 bits per heavy atom. The molecular formula is C42H34N2.